The van der Waals surface area contributed by atoms with Crippen LogP contribution in [0.2, 0.25) is 0 Å². The summed E-state index contributed by atoms with van der Waals surface area (Å²) in [5.41, 5.74) is 2.23. The highest BCUT2D eigenvalue weighted by Crippen LogP contribution is 2.10. The zero-order chi connectivity index (χ0) is 15.4. The first-order valence-corrected chi connectivity index (χ1v) is 6.96. The number of carbonyl (C=O) groups is 1. The first-order chi connectivity index (χ1) is 10.0. The van der Waals surface area contributed by atoms with Gasteiger partial charge >= 0.3 is 5.97 Å². The molecule has 0 fully saturated rings. The van der Waals surface area contributed by atoms with Gasteiger partial charge < -0.3 is 9.30 Å². The maximum Gasteiger partial charge on any atom is 0.344 e. The molecule has 0 radical (unpaired) electrons. The monoisotopic (exact) mass is 285 g/mol. The van der Waals surface area contributed by atoms with Crippen molar-refractivity contribution in [2.75, 3.05) is 0 Å². The van der Waals surface area contributed by atoms with Crippen LogP contribution in [0.25, 0.3) is 0 Å². The van der Waals surface area contributed by atoms with Crippen molar-refractivity contribution in [3.05, 3.63) is 69.1 Å². The van der Waals surface area contributed by atoms with E-state index in [1.807, 2.05) is 48.7 Å². The third-order valence-corrected chi connectivity index (χ3v) is 3.51. The molecule has 4 nitrogen and oxygen atoms in total. The van der Waals surface area contributed by atoms with Crippen molar-refractivity contribution in [1.82, 2.24) is 4.57 Å². The second-order valence-electron chi connectivity index (χ2n) is 4.92. The highest BCUT2D eigenvalue weighted by atomic mass is 16.5. The maximum atomic E-state index is 12.2. The summed E-state index contributed by atoms with van der Waals surface area (Å²) in [4.78, 5) is 24.3. The topological polar surface area (TPSA) is 48.3 Å². The standard InChI is InChI=1S/C17H19NO3/c1-4-18-12(2)10-15(19)16(13(18)3)17(20)21-11-14-8-6-5-7-9-14/h5-10H,4,11H2,1-3H3. The number of hydrogen-bond acceptors (Lipinski definition) is 3. The normalized spacial score (nSPS) is 10.4. The van der Waals surface area contributed by atoms with Crippen molar-refractivity contribution in [3.8, 4) is 0 Å². The van der Waals surface area contributed by atoms with Crippen molar-refractivity contribution in [2.24, 2.45) is 0 Å². The first-order valence-electron chi connectivity index (χ1n) is 6.96. The van der Waals surface area contributed by atoms with Crippen LogP contribution in [-0.2, 0) is 17.9 Å². The summed E-state index contributed by atoms with van der Waals surface area (Å²) in [5.74, 6) is -0.566. The van der Waals surface area contributed by atoms with Gasteiger partial charge in [0.05, 0.1) is 0 Å². The predicted octanol–water partition coefficient (Wildman–Crippen LogP) is 2.84. The van der Waals surface area contributed by atoms with Crippen LogP contribution in [-0.4, -0.2) is 10.5 Å². The second-order valence-corrected chi connectivity index (χ2v) is 4.92. The van der Waals surface area contributed by atoms with Gasteiger partial charge in [0.25, 0.3) is 0 Å². The number of carbonyl (C=O) groups excluding carboxylic acids is 1. The van der Waals surface area contributed by atoms with Gasteiger partial charge in [0.1, 0.15) is 12.2 Å². The van der Waals surface area contributed by atoms with Crippen molar-refractivity contribution in [2.45, 2.75) is 33.9 Å². The smallest absolute Gasteiger partial charge is 0.344 e. The first kappa shape index (κ1) is 15.0. The number of ether oxygens (including phenoxy) is 1. The van der Waals surface area contributed by atoms with Crippen LogP contribution in [0.4, 0.5) is 0 Å². The van der Waals surface area contributed by atoms with Crippen molar-refractivity contribution in [1.29, 1.82) is 0 Å². The van der Waals surface area contributed by atoms with E-state index in [9.17, 15) is 9.59 Å². The Hall–Kier alpha value is -2.36. The molecule has 110 valence electrons. The molecule has 1 aromatic carbocycles. The highest BCUT2D eigenvalue weighted by Gasteiger charge is 2.18. The van der Waals surface area contributed by atoms with E-state index in [4.69, 9.17) is 4.74 Å². The Labute approximate surface area is 124 Å². The van der Waals surface area contributed by atoms with Crippen LogP contribution in [0, 0.1) is 13.8 Å². The van der Waals surface area contributed by atoms with Gasteiger partial charge in [-0.2, -0.15) is 0 Å². The van der Waals surface area contributed by atoms with Crippen LogP contribution >= 0.6 is 0 Å². The van der Waals surface area contributed by atoms with Crippen LogP contribution in [0.1, 0.15) is 34.2 Å². The fourth-order valence-corrected chi connectivity index (χ4v) is 2.45. The Bertz CT molecular complexity index is 702. The number of rotatable bonds is 4. The molecule has 2 rings (SSSR count). The van der Waals surface area contributed by atoms with Crippen molar-refractivity contribution in [3.63, 3.8) is 0 Å². The van der Waals surface area contributed by atoms with E-state index < -0.39 is 5.97 Å². The Morgan fingerprint density at radius 3 is 2.48 bits per heavy atom. The molecule has 0 N–H and O–H groups in total. The Kier molecular flexibility index (Phi) is 4.58. The van der Waals surface area contributed by atoms with Crippen molar-refractivity contribution >= 4 is 5.97 Å². The molecule has 1 heterocycles. The molecule has 0 aliphatic rings. The lowest BCUT2D eigenvalue weighted by molar-refractivity contribution is 0.0469. The molecule has 0 spiro atoms. The fraction of sp³-hybridized carbons (Fsp3) is 0.294. The van der Waals surface area contributed by atoms with Crippen LogP contribution in [0.15, 0.2) is 41.2 Å². The summed E-state index contributed by atoms with van der Waals surface area (Å²) in [6, 6.07) is 10.9. The summed E-state index contributed by atoms with van der Waals surface area (Å²) in [7, 11) is 0. The van der Waals surface area contributed by atoms with Gasteiger partial charge in [0.15, 0.2) is 5.43 Å². The zero-order valence-corrected chi connectivity index (χ0v) is 12.6. The number of esters is 1. The zero-order valence-electron chi connectivity index (χ0n) is 12.6. The largest absolute Gasteiger partial charge is 0.457 e. The molecule has 0 amide bonds. The summed E-state index contributed by atoms with van der Waals surface area (Å²) < 4.78 is 7.19. The molecule has 0 saturated heterocycles. The van der Waals surface area contributed by atoms with E-state index in [0.29, 0.717) is 12.2 Å². The highest BCUT2D eigenvalue weighted by molar-refractivity contribution is 5.90. The molecular weight excluding hydrogens is 266 g/mol. The average Bonchev–Trinajstić information content (AvgIpc) is 2.46. The van der Waals surface area contributed by atoms with Gasteiger partial charge in [-0.25, -0.2) is 4.79 Å². The second kappa shape index (κ2) is 6.39. The minimum Gasteiger partial charge on any atom is -0.457 e. The van der Waals surface area contributed by atoms with Gasteiger partial charge in [-0.05, 0) is 26.3 Å². The fourth-order valence-electron chi connectivity index (χ4n) is 2.45. The molecule has 0 bridgehead atoms. The van der Waals surface area contributed by atoms with Gasteiger partial charge in [-0.15, -0.1) is 0 Å². The van der Waals surface area contributed by atoms with Gasteiger partial charge in [0, 0.05) is 24.0 Å². The van der Waals surface area contributed by atoms with Crippen LogP contribution in [0.3, 0.4) is 0 Å². The molecule has 1 aromatic heterocycles. The van der Waals surface area contributed by atoms with E-state index in [0.717, 1.165) is 11.3 Å². The predicted molar refractivity (Wildman–Crippen MR) is 81.4 cm³/mol. The lowest BCUT2D eigenvalue weighted by Gasteiger charge is -2.15. The number of aryl methyl sites for hydroxylation is 1. The Balaban J connectivity index is 2.25. The molecule has 0 aliphatic carbocycles. The third kappa shape index (κ3) is 3.21. The van der Waals surface area contributed by atoms with E-state index in [1.165, 1.54) is 6.07 Å². The molecular formula is C17H19NO3. The summed E-state index contributed by atoms with van der Waals surface area (Å²) in [6.07, 6.45) is 0. The van der Waals surface area contributed by atoms with E-state index >= 15 is 0 Å². The molecule has 0 unspecified atom stereocenters. The summed E-state index contributed by atoms with van der Waals surface area (Å²) in [6.45, 7) is 6.48. The molecule has 0 aliphatic heterocycles. The number of hydrogen-bond donors (Lipinski definition) is 0. The van der Waals surface area contributed by atoms with Crippen LogP contribution < -0.4 is 5.43 Å². The Morgan fingerprint density at radius 2 is 1.86 bits per heavy atom. The number of nitrogens with zero attached hydrogens (tertiary/aromatic N) is 1. The maximum absolute atomic E-state index is 12.2. The number of aromatic nitrogens is 1. The Morgan fingerprint density at radius 1 is 1.19 bits per heavy atom. The molecule has 0 atom stereocenters. The molecule has 21 heavy (non-hydrogen) atoms. The summed E-state index contributed by atoms with van der Waals surface area (Å²) >= 11 is 0. The van der Waals surface area contributed by atoms with Crippen molar-refractivity contribution < 1.29 is 9.53 Å². The lowest BCUT2D eigenvalue weighted by atomic mass is 10.1. The van der Waals surface area contributed by atoms with E-state index in [-0.39, 0.29) is 17.6 Å². The SMILES string of the molecule is CCn1c(C)cc(=O)c(C(=O)OCc2ccccc2)c1C. The van der Waals surface area contributed by atoms with Gasteiger partial charge in [-0.1, -0.05) is 30.3 Å². The molecule has 4 heteroatoms. The third-order valence-electron chi connectivity index (χ3n) is 3.51. The van der Waals surface area contributed by atoms with Gasteiger partial charge in [-0.3, -0.25) is 4.79 Å². The van der Waals surface area contributed by atoms with Gasteiger partial charge in [0.2, 0.25) is 0 Å². The minimum absolute atomic E-state index is 0.124. The lowest BCUT2D eigenvalue weighted by Crippen LogP contribution is -2.24. The number of pyridine rings is 1. The summed E-state index contributed by atoms with van der Waals surface area (Å²) in [5, 5.41) is 0. The number of benzene rings is 1. The average molecular weight is 285 g/mol. The van der Waals surface area contributed by atoms with E-state index in [1.54, 1.807) is 6.92 Å². The quantitative estimate of drug-likeness (QED) is 0.812. The molecule has 2 aromatic rings. The van der Waals surface area contributed by atoms with Crippen LogP contribution in [0.5, 0.6) is 0 Å². The minimum atomic E-state index is -0.566. The molecule has 0 saturated carbocycles. The van der Waals surface area contributed by atoms with E-state index in [2.05, 4.69) is 0 Å².